The highest BCUT2D eigenvalue weighted by molar-refractivity contribution is 8.12. The van der Waals surface area contributed by atoms with Gasteiger partial charge in [0.05, 0.1) is 16.8 Å². The zero-order valence-corrected chi connectivity index (χ0v) is 8.34. The molecule has 0 unspecified atom stereocenters. The summed E-state index contributed by atoms with van der Waals surface area (Å²) in [6.07, 6.45) is 0. The number of rotatable bonds is 2. The molecule has 1 aromatic carbocycles. The van der Waals surface area contributed by atoms with Crippen LogP contribution in [0.5, 0.6) is 0 Å². The lowest BCUT2D eigenvalue weighted by Crippen LogP contribution is -2.43. The molecule has 14 heavy (non-hydrogen) atoms. The summed E-state index contributed by atoms with van der Waals surface area (Å²) in [5, 5.41) is 5.72. The minimum absolute atomic E-state index is 0.366. The number of imidazole rings is 1. The van der Waals surface area contributed by atoms with E-state index in [1.165, 1.54) is 11.8 Å². The largest absolute Gasteiger partial charge is 0.341 e. The predicted molar refractivity (Wildman–Crippen MR) is 58.5 cm³/mol. The molecule has 5 N–H and O–H groups in total. The molecule has 0 saturated carbocycles. The molecule has 72 valence electrons. The molecule has 0 aliphatic heterocycles. The van der Waals surface area contributed by atoms with Crippen LogP contribution in [0.3, 0.4) is 0 Å². The van der Waals surface area contributed by atoms with Crippen LogP contribution >= 0.6 is 11.8 Å². The summed E-state index contributed by atoms with van der Waals surface area (Å²) in [5.74, 6) is 1.57. The third-order valence-corrected chi connectivity index (χ3v) is 2.57. The van der Waals surface area contributed by atoms with E-state index in [2.05, 4.69) is 9.97 Å². The van der Waals surface area contributed by atoms with E-state index in [0.29, 0.717) is 10.9 Å². The quantitative estimate of drug-likeness (QED) is 0.474. The second-order valence-corrected chi connectivity index (χ2v) is 3.94. The highest BCUT2D eigenvalue weighted by Gasteiger charge is 2.04. The molecule has 0 radical (unpaired) electrons. The van der Waals surface area contributed by atoms with Gasteiger partial charge < -0.3 is 4.98 Å². The molecule has 0 aliphatic carbocycles. The lowest BCUT2D eigenvalue weighted by molar-refractivity contribution is -0.110. The van der Waals surface area contributed by atoms with Gasteiger partial charge in [0.15, 0.2) is 0 Å². The summed E-state index contributed by atoms with van der Waals surface area (Å²) >= 11 is 1.38. The van der Waals surface area contributed by atoms with Gasteiger partial charge in [-0.3, -0.25) is 11.1 Å². The Morgan fingerprint density at radius 1 is 1.50 bits per heavy atom. The third kappa shape index (κ3) is 1.88. The van der Waals surface area contributed by atoms with Gasteiger partial charge in [-0.25, -0.2) is 4.98 Å². The Hall–Kier alpha value is -1.49. The van der Waals surface area contributed by atoms with E-state index >= 15 is 0 Å². The van der Waals surface area contributed by atoms with Crippen LogP contribution in [-0.4, -0.2) is 15.1 Å². The number of thioether (sulfide) groups is 1. The first-order valence-corrected chi connectivity index (χ1v) is 5.18. The van der Waals surface area contributed by atoms with Crippen molar-refractivity contribution in [2.75, 3.05) is 0 Å². The fourth-order valence-electron chi connectivity index (χ4n) is 1.23. The Balaban J connectivity index is 2.22. The number of nitrogens with two attached hydrogens (primary N) is 2. The van der Waals surface area contributed by atoms with E-state index in [-0.39, 0.29) is 0 Å². The molecule has 4 nitrogen and oxygen atoms in total. The lowest BCUT2D eigenvalue weighted by atomic mass is 10.3. The Kier molecular flexibility index (Phi) is 2.41. The average Bonchev–Trinajstić information content (AvgIpc) is 2.57. The molecule has 2 rings (SSSR count). The van der Waals surface area contributed by atoms with Gasteiger partial charge in [-0.15, -0.1) is 0 Å². The average molecular weight is 207 g/mol. The maximum absolute atomic E-state index is 5.35. The minimum atomic E-state index is 0.366. The van der Waals surface area contributed by atoms with E-state index < -0.39 is 0 Å². The molecule has 1 aromatic heterocycles. The number of aromatic amines is 1. The molecule has 0 spiro atoms. The Morgan fingerprint density at radius 3 is 3.00 bits per heavy atom. The normalized spacial score (nSPS) is 10.6. The zero-order valence-electron chi connectivity index (χ0n) is 7.53. The Labute approximate surface area is 85.4 Å². The minimum Gasteiger partial charge on any atom is -0.341 e. The SMILES string of the molecule is NC(=[NH2+])SCc1nc2ccccc2[nH]1. The zero-order chi connectivity index (χ0) is 9.97. The van der Waals surface area contributed by atoms with Crippen LogP contribution in [0.4, 0.5) is 0 Å². The summed E-state index contributed by atoms with van der Waals surface area (Å²) < 4.78 is 0. The number of fused-ring (bicyclic) bond motifs is 1. The monoisotopic (exact) mass is 207 g/mol. The maximum Gasteiger partial charge on any atom is 0.300 e. The number of benzene rings is 1. The van der Waals surface area contributed by atoms with Crippen molar-refractivity contribution in [3.05, 3.63) is 30.1 Å². The van der Waals surface area contributed by atoms with E-state index in [1.807, 2.05) is 24.3 Å². The van der Waals surface area contributed by atoms with Gasteiger partial charge in [-0.1, -0.05) is 12.1 Å². The Morgan fingerprint density at radius 2 is 2.29 bits per heavy atom. The van der Waals surface area contributed by atoms with Crippen molar-refractivity contribution < 1.29 is 5.41 Å². The van der Waals surface area contributed by atoms with Gasteiger partial charge in [-0.05, 0) is 23.9 Å². The van der Waals surface area contributed by atoms with Gasteiger partial charge in [0.2, 0.25) is 0 Å². The third-order valence-electron chi connectivity index (χ3n) is 1.81. The standard InChI is InChI=1S/C9H10N4S/c10-9(11)14-5-8-12-6-3-1-2-4-7(6)13-8/h1-4H,5H2,(H3,10,11)(H,12,13)/p+1. The van der Waals surface area contributed by atoms with Crippen molar-refractivity contribution in [2.45, 2.75) is 5.75 Å². The highest BCUT2D eigenvalue weighted by Crippen LogP contribution is 2.13. The smallest absolute Gasteiger partial charge is 0.300 e. The van der Waals surface area contributed by atoms with E-state index in [9.17, 15) is 0 Å². The lowest BCUT2D eigenvalue weighted by Gasteiger charge is -1.89. The fraction of sp³-hybridized carbons (Fsp3) is 0.111. The molecule has 1 heterocycles. The van der Waals surface area contributed by atoms with E-state index in [0.717, 1.165) is 16.9 Å². The van der Waals surface area contributed by atoms with Gasteiger partial charge in [-0.2, -0.15) is 0 Å². The number of nitrogens with zero attached hydrogens (tertiary/aromatic N) is 1. The van der Waals surface area contributed by atoms with Gasteiger partial charge >= 0.3 is 0 Å². The summed E-state index contributed by atoms with van der Waals surface area (Å²) in [4.78, 5) is 7.58. The number of hydrogen-bond donors (Lipinski definition) is 3. The van der Waals surface area contributed by atoms with Crippen LogP contribution in [0.25, 0.3) is 11.0 Å². The molecule has 0 aliphatic rings. The molecule has 0 fully saturated rings. The van der Waals surface area contributed by atoms with Crippen LogP contribution in [0, 0.1) is 0 Å². The molecule has 0 bridgehead atoms. The summed E-state index contributed by atoms with van der Waals surface area (Å²) in [6, 6.07) is 7.89. The number of amidine groups is 1. The molecular formula is C9H11N4S+. The fourth-order valence-corrected chi connectivity index (χ4v) is 1.67. The predicted octanol–water partition coefficient (Wildman–Crippen LogP) is -0.130. The number of hydrogen-bond acceptors (Lipinski definition) is 2. The second kappa shape index (κ2) is 3.71. The van der Waals surface area contributed by atoms with Crippen LogP contribution in [0.2, 0.25) is 0 Å². The van der Waals surface area contributed by atoms with Crippen LogP contribution in [0.15, 0.2) is 24.3 Å². The number of aromatic nitrogens is 2. The Bertz CT molecular complexity index is 430. The molecule has 5 heteroatoms. The summed E-state index contributed by atoms with van der Waals surface area (Å²) in [6.45, 7) is 0. The summed E-state index contributed by atoms with van der Waals surface area (Å²) in [7, 11) is 0. The first-order chi connectivity index (χ1) is 6.75. The first-order valence-electron chi connectivity index (χ1n) is 4.20. The highest BCUT2D eigenvalue weighted by atomic mass is 32.2. The van der Waals surface area contributed by atoms with Crippen molar-refractivity contribution >= 4 is 28.0 Å². The van der Waals surface area contributed by atoms with Gasteiger partial charge in [0.25, 0.3) is 5.17 Å². The van der Waals surface area contributed by atoms with Gasteiger partial charge in [0, 0.05) is 0 Å². The van der Waals surface area contributed by atoms with Crippen molar-refractivity contribution in [3.63, 3.8) is 0 Å². The van der Waals surface area contributed by atoms with Crippen LogP contribution in [-0.2, 0) is 5.75 Å². The molecular weight excluding hydrogens is 196 g/mol. The number of nitrogens with one attached hydrogen (secondary N) is 1. The molecule has 0 saturated heterocycles. The topological polar surface area (TPSA) is 80.3 Å². The van der Waals surface area contributed by atoms with Crippen molar-refractivity contribution in [3.8, 4) is 0 Å². The number of H-pyrrole nitrogens is 1. The van der Waals surface area contributed by atoms with E-state index in [1.54, 1.807) is 0 Å². The van der Waals surface area contributed by atoms with Crippen LogP contribution in [0.1, 0.15) is 5.82 Å². The second-order valence-electron chi connectivity index (χ2n) is 2.89. The van der Waals surface area contributed by atoms with Crippen LogP contribution < -0.4 is 11.1 Å². The molecule has 0 amide bonds. The van der Waals surface area contributed by atoms with Crippen molar-refractivity contribution in [1.29, 1.82) is 0 Å². The number of para-hydroxylation sites is 2. The van der Waals surface area contributed by atoms with E-state index in [4.69, 9.17) is 11.1 Å². The van der Waals surface area contributed by atoms with Gasteiger partial charge in [0.1, 0.15) is 5.82 Å². The van der Waals surface area contributed by atoms with Crippen molar-refractivity contribution in [2.24, 2.45) is 5.73 Å². The maximum atomic E-state index is 5.35. The molecule has 2 aromatic rings. The first kappa shape index (κ1) is 9.08. The van der Waals surface area contributed by atoms with Crippen molar-refractivity contribution in [1.82, 2.24) is 9.97 Å². The summed E-state index contributed by atoms with van der Waals surface area (Å²) in [5.41, 5.74) is 7.36. The molecule has 0 atom stereocenters.